The van der Waals surface area contributed by atoms with Crippen molar-refractivity contribution in [3.8, 4) is 0 Å². The quantitative estimate of drug-likeness (QED) is 0.694. The maximum Gasteiger partial charge on any atom is 0.160 e. The largest absolute Gasteiger partial charge is 0.306 e. The van der Waals surface area contributed by atoms with Gasteiger partial charge in [0.15, 0.2) is 5.65 Å². The van der Waals surface area contributed by atoms with Gasteiger partial charge < -0.3 is 4.57 Å². The molecule has 6 heteroatoms. The molecule has 0 aliphatic rings. The van der Waals surface area contributed by atoms with E-state index in [0.29, 0.717) is 12.4 Å². The Bertz CT molecular complexity index is 690. The molecule has 98 valence electrons. The summed E-state index contributed by atoms with van der Waals surface area (Å²) in [6, 6.07) is 1.98. The number of hydrogen-bond acceptors (Lipinski definition) is 4. The topological polar surface area (TPSA) is 43.6 Å². The van der Waals surface area contributed by atoms with Crippen molar-refractivity contribution in [3.05, 3.63) is 40.2 Å². The van der Waals surface area contributed by atoms with Crippen LogP contribution >= 0.6 is 22.9 Å². The average molecular weight is 293 g/mol. The Hall–Kier alpha value is -1.46. The number of imidazole rings is 1. The van der Waals surface area contributed by atoms with E-state index in [1.807, 2.05) is 23.8 Å². The fraction of sp³-hybridized carbons (Fsp3) is 0.308. The monoisotopic (exact) mass is 292 g/mol. The summed E-state index contributed by atoms with van der Waals surface area (Å²) in [5.74, 6) is 1.53. The van der Waals surface area contributed by atoms with E-state index in [2.05, 4.69) is 26.4 Å². The van der Waals surface area contributed by atoms with E-state index in [4.69, 9.17) is 11.6 Å². The first-order chi connectivity index (χ1) is 9.29. The molecule has 0 bridgehead atoms. The van der Waals surface area contributed by atoms with Crippen molar-refractivity contribution in [3.63, 3.8) is 0 Å². The first-order valence-corrected chi connectivity index (χ1v) is 7.46. The van der Waals surface area contributed by atoms with Gasteiger partial charge in [-0.05, 0) is 18.6 Å². The molecule has 0 amide bonds. The standard InChI is InChI=1S/C13H13ClN4S/c1-9-3-5-16-13-12(9)17-10(2-4-14)18(13)8-11-15-6-7-19-11/h3,5-7H,2,4,8H2,1H3. The normalized spacial score (nSPS) is 11.3. The molecule has 4 nitrogen and oxygen atoms in total. The van der Waals surface area contributed by atoms with Crippen molar-refractivity contribution in [2.75, 3.05) is 5.88 Å². The predicted molar refractivity (Wildman–Crippen MR) is 77.9 cm³/mol. The number of hydrogen-bond donors (Lipinski definition) is 0. The summed E-state index contributed by atoms with van der Waals surface area (Å²) >= 11 is 7.51. The molecule has 3 heterocycles. The summed E-state index contributed by atoms with van der Waals surface area (Å²) in [7, 11) is 0. The summed E-state index contributed by atoms with van der Waals surface area (Å²) in [6.07, 6.45) is 4.38. The fourth-order valence-corrected chi connectivity index (χ4v) is 2.86. The van der Waals surface area contributed by atoms with Crippen LogP contribution in [0.5, 0.6) is 0 Å². The zero-order chi connectivity index (χ0) is 13.2. The highest BCUT2D eigenvalue weighted by molar-refractivity contribution is 7.09. The molecule has 0 aliphatic carbocycles. The molecule has 0 unspecified atom stereocenters. The lowest BCUT2D eigenvalue weighted by atomic mass is 10.3. The van der Waals surface area contributed by atoms with Crippen LogP contribution in [0.4, 0.5) is 0 Å². The van der Waals surface area contributed by atoms with Crippen LogP contribution in [-0.2, 0) is 13.0 Å². The van der Waals surface area contributed by atoms with Gasteiger partial charge in [0.2, 0.25) is 0 Å². The summed E-state index contributed by atoms with van der Waals surface area (Å²) in [4.78, 5) is 13.5. The third-order valence-corrected chi connectivity index (χ3v) is 3.96. The average Bonchev–Trinajstić information content (AvgIpc) is 3.01. The molecule has 3 aromatic heterocycles. The van der Waals surface area contributed by atoms with Crippen LogP contribution in [0.2, 0.25) is 0 Å². The van der Waals surface area contributed by atoms with E-state index in [-0.39, 0.29) is 0 Å². The molecular weight excluding hydrogens is 280 g/mol. The first kappa shape index (κ1) is 12.6. The van der Waals surface area contributed by atoms with Crippen LogP contribution in [0, 0.1) is 6.92 Å². The van der Waals surface area contributed by atoms with Crippen LogP contribution in [0.25, 0.3) is 11.2 Å². The number of nitrogens with zero attached hydrogens (tertiary/aromatic N) is 4. The zero-order valence-electron chi connectivity index (χ0n) is 10.5. The molecule has 0 N–H and O–H groups in total. The Balaban J connectivity index is 2.13. The van der Waals surface area contributed by atoms with Crippen molar-refractivity contribution in [1.82, 2.24) is 19.5 Å². The smallest absolute Gasteiger partial charge is 0.160 e. The van der Waals surface area contributed by atoms with Crippen LogP contribution < -0.4 is 0 Å². The summed E-state index contributed by atoms with van der Waals surface area (Å²) in [6.45, 7) is 2.76. The highest BCUT2D eigenvalue weighted by Gasteiger charge is 2.14. The SMILES string of the molecule is Cc1ccnc2c1nc(CCCl)n2Cc1nccs1. The number of pyridine rings is 1. The Morgan fingerprint density at radius 1 is 1.32 bits per heavy atom. The van der Waals surface area contributed by atoms with Gasteiger partial charge in [-0.3, -0.25) is 0 Å². The zero-order valence-corrected chi connectivity index (χ0v) is 12.1. The van der Waals surface area contributed by atoms with Gasteiger partial charge in [0.1, 0.15) is 16.3 Å². The summed E-state index contributed by atoms with van der Waals surface area (Å²) < 4.78 is 2.11. The first-order valence-electron chi connectivity index (χ1n) is 6.04. The molecule has 0 saturated carbocycles. The van der Waals surface area contributed by atoms with Crippen LogP contribution in [0.3, 0.4) is 0 Å². The van der Waals surface area contributed by atoms with Gasteiger partial charge in [-0.25, -0.2) is 15.0 Å². The van der Waals surface area contributed by atoms with Gasteiger partial charge in [0.25, 0.3) is 0 Å². The number of aryl methyl sites for hydroxylation is 2. The second kappa shape index (κ2) is 5.27. The third kappa shape index (κ3) is 2.35. The number of fused-ring (bicyclic) bond motifs is 1. The molecule has 0 aromatic carbocycles. The number of aromatic nitrogens is 4. The van der Waals surface area contributed by atoms with E-state index in [1.165, 1.54) is 0 Å². The molecule has 0 aliphatic heterocycles. The van der Waals surface area contributed by atoms with Gasteiger partial charge in [-0.1, -0.05) is 0 Å². The van der Waals surface area contributed by atoms with Gasteiger partial charge in [-0.2, -0.15) is 0 Å². The van der Waals surface area contributed by atoms with Crippen molar-refractivity contribution in [1.29, 1.82) is 0 Å². The lowest BCUT2D eigenvalue weighted by Crippen LogP contribution is -2.06. The Labute approximate surface area is 120 Å². The minimum atomic E-state index is 0.556. The number of halogens is 1. The van der Waals surface area contributed by atoms with E-state index in [1.54, 1.807) is 11.3 Å². The molecule has 3 aromatic rings. The van der Waals surface area contributed by atoms with Gasteiger partial charge >= 0.3 is 0 Å². The van der Waals surface area contributed by atoms with E-state index in [9.17, 15) is 0 Å². The number of alkyl halides is 1. The van der Waals surface area contributed by atoms with Gasteiger partial charge in [0, 0.05) is 30.1 Å². The van der Waals surface area contributed by atoms with Gasteiger partial charge in [0.05, 0.1) is 6.54 Å². The maximum atomic E-state index is 5.87. The molecular formula is C13H13ClN4S. The molecule has 0 saturated heterocycles. The maximum absolute atomic E-state index is 5.87. The number of rotatable bonds is 4. The lowest BCUT2D eigenvalue weighted by molar-refractivity contribution is 0.743. The molecule has 0 radical (unpaired) electrons. The fourth-order valence-electron chi connectivity index (χ4n) is 2.09. The minimum absolute atomic E-state index is 0.556. The molecule has 3 rings (SSSR count). The molecule has 19 heavy (non-hydrogen) atoms. The van der Waals surface area contributed by atoms with Crippen LogP contribution in [-0.4, -0.2) is 25.4 Å². The van der Waals surface area contributed by atoms with Crippen LogP contribution in [0.15, 0.2) is 23.8 Å². The van der Waals surface area contributed by atoms with Crippen molar-refractivity contribution < 1.29 is 0 Å². The molecule has 0 fully saturated rings. The Kier molecular flexibility index (Phi) is 3.48. The van der Waals surface area contributed by atoms with Crippen molar-refractivity contribution in [2.24, 2.45) is 0 Å². The Morgan fingerprint density at radius 3 is 2.95 bits per heavy atom. The second-order valence-corrected chi connectivity index (χ2v) is 5.64. The highest BCUT2D eigenvalue weighted by atomic mass is 35.5. The Morgan fingerprint density at radius 2 is 2.21 bits per heavy atom. The third-order valence-electron chi connectivity index (χ3n) is 3.01. The summed E-state index contributed by atoms with van der Waals surface area (Å²) in [5.41, 5.74) is 3.01. The highest BCUT2D eigenvalue weighted by Crippen LogP contribution is 2.20. The minimum Gasteiger partial charge on any atom is -0.306 e. The lowest BCUT2D eigenvalue weighted by Gasteiger charge is -2.05. The van der Waals surface area contributed by atoms with Crippen molar-refractivity contribution in [2.45, 2.75) is 19.9 Å². The second-order valence-electron chi connectivity index (χ2n) is 4.28. The van der Waals surface area contributed by atoms with E-state index in [0.717, 1.165) is 34.0 Å². The predicted octanol–water partition coefficient (Wildman–Crippen LogP) is 3.03. The van der Waals surface area contributed by atoms with Crippen molar-refractivity contribution >= 4 is 34.1 Å². The number of thiazole rings is 1. The van der Waals surface area contributed by atoms with E-state index >= 15 is 0 Å². The molecule has 0 atom stereocenters. The van der Waals surface area contributed by atoms with E-state index < -0.39 is 0 Å². The molecule has 0 spiro atoms. The van der Waals surface area contributed by atoms with Crippen LogP contribution in [0.1, 0.15) is 16.4 Å². The van der Waals surface area contributed by atoms with Gasteiger partial charge in [-0.15, -0.1) is 22.9 Å². The summed E-state index contributed by atoms with van der Waals surface area (Å²) in [5, 5.41) is 3.03.